The van der Waals surface area contributed by atoms with Crippen LogP contribution in [0, 0.1) is 6.92 Å². The summed E-state index contributed by atoms with van der Waals surface area (Å²) in [6.07, 6.45) is 0. The summed E-state index contributed by atoms with van der Waals surface area (Å²) in [5.74, 6) is 0. The van der Waals surface area contributed by atoms with Gasteiger partial charge >= 0.3 is 0 Å². The molecule has 0 saturated carbocycles. The summed E-state index contributed by atoms with van der Waals surface area (Å²) in [5.41, 5.74) is 0.490. The number of aryl methyl sites for hydroxylation is 1. The lowest BCUT2D eigenvalue weighted by atomic mass is 10.2. The van der Waals surface area contributed by atoms with Gasteiger partial charge in [-0.05, 0) is 34.0 Å². The van der Waals surface area contributed by atoms with Crippen LogP contribution in [-0.4, -0.2) is 11.8 Å². The molecule has 1 rings (SSSR count). The molecule has 0 amide bonds. The predicted octanol–water partition coefficient (Wildman–Crippen LogP) is 2.95. The molecule has 0 bridgehead atoms. The Balaban J connectivity index is 3.35. The van der Waals surface area contributed by atoms with Gasteiger partial charge in [0.1, 0.15) is 0 Å². The van der Waals surface area contributed by atoms with Crippen molar-refractivity contribution in [1.82, 2.24) is 3.34 Å². The molecule has 0 atom stereocenters. The van der Waals surface area contributed by atoms with Gasteiger partial charge < -0.3 is 0 Å². The van der Waals surface area contributed by atoms with Crippen LogP contribution in [0.4, 0.5) is 0 Å². The number of halogens is 3. The Morgan fingerprint density at radius 1 is 1.29 bits per heavy atom. The molecule has 1 aromatic carbocycles. The molecule has 3 nitrogen and oxygen atoms in total. The number of benzene rings is 1. The lowest BCUT2D eigenvalue weighted by Gasteiger charge is -2.08. The zero-order valence-electron chi connectivity index (χ0n) is 7.04. The Labute approximate surface area is 97.5 Å². The second kappa shape index (κ2) is 4.24. The molecule has 0 aliphatic heterocycles. The highest BCUT2D eigenvalue weighted by atomic mass is 35.5. The minimum atomic E-state index is -3.82. The molecule has 1 aromatic rings. The first-order chi connectivity index (χ1) is 6.35. The predicted molar refractivity (Wildman–Crippen MR) is 56.9 cm³/mol. The third kappa shape index (κ3) is 2.32. The van der Waals surface area contributed by atoms with Gasteiger partial charge in [-0.3, -0.25) is 0 Å². The maximum Gasteiger partial charge on any atom is 0.270 e. The second-order valence-electron chi connectivity index (χ2n) is 2.59. The summed E-state index contributed by atoms with van der Waals surface area (Å²) in [7, 11) is -3.82. The van der Waals surface area contributed by atoms with Gasteiger partial charge in [0, 0.05) is 28.6 Å². The highest BCUT2D eigenvalue weighted by molar-refractivity contribution is 7.91. The van der Waals surface area contributed by atoms with Crippen molar-refractivity contribution < 1.29 is 8.42 Å². The molecule has 0 spiro atoms. The molecule has 0 aliphatic rings. The fraction of sp³-hybridized carbons (Fsp3) is 0.143. The van der Waals surface area contributed by atoms with E-state index in [1.165, 1.54) is 18.2 Å². The van der Waals surface area contributed by atoms with Gasteiger partial charge in [0.25, 0.3) is 10.0 Å². The molecule has 0 radical (unpaired) electrons. The quantitative estimate of drug-likeness (QED) is 0.778. The zero-order chi connectivity index (χ0) is 10.9. The van der Waals surface area contributed by atoms with E-state index >= 15 is 0 Å². The molecular weight excluding hydrogens is 269 g/mol. The maximum atomic E-state index is 11.5. The summed E-state index contributed by atoms with van der Waals surface area (Å²) in [6.45, 7) is 1.61. The van der Waals surface area contributed by atoms with Gasteiger partial charge in [-0.15, -0.1) is 0 Å². The van der Waals surface area contributed by atoms with Gasteiger partial charge in [-0.25, -0.2) is 8.42 Å². The smallest absolute Gasteiger partial charge is 0.204 e. The minimum absolute atomic E-state index is 0.0342. The van der Waals surface area contributed by atoms with E-state index in [0.29, 0.717) is 10.6 Å². The Hall–Kier alpha value is -0.000000000000000111. The standard InChI is InChI=1S/C7H6Cl3NO2S/c1-5-4-6(8)2-3-7(5)14(12,13)11(9)10/h2-4H,1H3. The Morgan fingerprint density at radius 3 is 2.29 bits per heavy atom. The lowest BCUT2D eigenvalue weighted by Crippen LogP contribution is -2.13. The molecule has 0 N–H and O–H groups in total. The molecule has 0 saturated heterocycles. The Bertz CT molecular complexity index is 444. The van der Waals surface area contributed by atoms with Crippen molar-refractivity contribution in [3.63, 3.8) is 0 Å². The van der Waals surface area contributed by atoms with Crippen LogP contribution >= 0.6 is 35.2 Å². The topological polar surface area (TPSA) is 37.4 Å². The first kappa shape index (κ1) is 12.1. The van der Waals surface area contributed by atoms with Gasteiger partial charge in [0.2, 0.25) is 0 Å². The first-order valence-electron chi connectivity index (χ1n) is 3.49. The highest BCUT2D eigenvalue weighted by Crippen LogP contribution is 2.24. The van der Waals surface area contributed by atoms with Crippen LogP contribution < -0.4 is 0 Å². The van der Waals surface area contributed by atoms with Crippen LogP contribution in [0.15, 0.2) is 23.1 Å². The van der Waals surface area contributed by atoms with Crippen molar-refractivity contribution in [3.8, 4) is 0 Å². The van der Waals surface area contributed by atoms with Gasteiger partial charge in [-0.1, -0.05) is 11.6 Å². The van der Waals surface area contributed by atoms with Gasteiger partial charge in [0.05, 0.1) is 4.90 Å². The number of nitrogens with zero attached hydrogens (tertiary/aromatic N) is 1. The number of sulfonamides is 1. The minimum Gasteiger partial charge on any atom is -0.204 e. The van der Waals surface area contributed by atoms with E-state index in [4.69, 9.17) is 35.2 Å². The molecule has 78 valence electrons. The van der Waals surface area contributed by atoms with Crippen LogP contribution in [0.5, 0.6) is 0 Å². The molecule has 14 heavy (non-hydrogen) atoms. The first-order valence-corrected chi connectivity index (χ1v) is 5.98. The van der Waals surface area contributed by atoms with E-state index < -0.39 is 10.0 Å². The molecule has 7 heteroatoms. The average molecular weight is 275 g/mol. The summed E-state index contributed by atoms with van der Waals surface area (Å²) in [6, 6.07) is 4.33. The molecule has 0 fully saturated rings. The van der Waals surface area contributed by atoms with Crippen molar-refractivity contribution in [2.24, 2.45) is 0 Å². The SMILES string of the molecule is Cc1cc(Cl)ccc1S(=O)(=O)N(Cl)Cl. The van der Waals surface area contributed by atoms with Crippen molar-refractivity contribution in [2.45, 2.75) is 11.8 Å². The number of hydrogen-bond acceptors (Lipinski definition) is 2. The number of rotatable bonds is 2. The van der Waals surface area contributed by atoms with Crippen molar-refractivity contribution in [1.29, 1.82) is 0 Å². The Kier molecular flexibility index (Phi) is 3.66. The summed E-state index contributed by atoms with van der Waals surface area (Å²) in [5, 5.41) is 0.456. The highest BCUT2D eigenvalue weighted by Gasteiger charge is 2.23. The van der Waals surface area contributed by atoms with Crippen molar-refractivity contribution in [2.75, 3.05) is 0 Å². The van der Waals surface area contributed by atoms with E-state index in [-0.39, 0.29) is 8.24 Å². The van der Waals surface area contributed by atoms with E-state index in [2.05, 4.69) is 0 Å². The maximum absolute atomic E-state index is 11.5. The Morgan fingerprint density at radius 2 is 1.86 bits per heavy atom. The van der Waals surface area contributed by atoms with Gasteiger partial charge in [0.15, 0.2) is 0 Å². The molecule has 0 heterocycles. The monoisotopic (exact) mass is 273 g/mol. The third-order valence-electron chi connectivity index (χ3n) is 1.60. The van der Waals surface area contributed by atoms with Crippen LogP contribution in [0.1, 0.15) is 5.56 Å². The largest absolute Gasteiger partial charge is 0.270 e. The van der Waals surface area contributed by atoms with E-state index in [1.54, 1.807) is 6.92 Å². The summed E-state index contributed by atoms with van der Waals surface area (Å²) in [4.78, 5) is 0.0342. The zero-order valence-corrected chi connectivity index (χ0v) is 10.1. The van der Waals surface area contributed by atoms with Crippen LogP contribution in [-0.2, 0) is 10.0 Å². The fourth-order valence-corrected chi connectivity index (χ4v) is 2.50. The molecule has 0 unspecified atom stereocenters. The van der Waals surface area contributed by atoms with Crippen LogP contribution in [0.25, 0.3) is 0 Å². The molecule has 0 aromatic heterocycles. The normalized spacial score (nSPS) is 12.1. The van der Waals surface area contributed by atoms with Gasteiger partial charge in [-0.2, -0.15) is 0 Å². The average Bonchev–Trinajstić information content (AvgIpc) is 2.02. The molecular formula is C7H6Cl3NO2S. The second-order valence-corrected chi connectivity index (χ2v) is 6.03. The summed E-state index contributed by atoms with van der Waals surface area (Å²) >= 11 is 16.1. The third-order valence-corrected chi connectivity index (χ3v) is 4.30. The lowest BCUT2D eigenvalue weighted by molar-refractivity contribution is 0.579. The van der Waals surface area contributed by atoms with E-state index in [1.807, 2.05) is 0 Å². The fourth-order valence-electron chi connectivity index (χ4n) is 0.977. The van der Waals surface area contributed by atoms with Crippen LogP contribution in [0.2, 0.25) is 5.02 Å². The summed E-state index contributed by atoms with van der Waals surface area (Å²) < 4.78 is 23.1. The van der Waals surface area contributed by atoms with Crippen molar-refractivity contribution in [3.05, 3.63) is 28.8 Å². The molecule has 0 aliphatic carbocycles. The van der Waals surface area contributed by atoms with E-state index in [0.717, 1.165) is 0 Å². The number of hydrogen-bond donors (Lipinski definition) is 0. The van der Waals surface area contributed by atoms with E-state index in [9.17, 15) is 8.42 Å². The van der Waals surface area contributed by atoms with Crippen molar-refractivity contribution >= 4 is 45.2 Å². The van der Waals surface area contributed by atoms with Crippen LogP contribution in [0.3, 0.4) is 0 Å².